The monoisotopic (exact) mass is 352 g/mol. The first-order valence-corrected chi connectivity index (χ1v) is 7.56. The molecule has 0 N–H and O–H groups in total. The molecule has 126 valence electrons. The fraction of sp³-hybridized carbons (Fsp3) is 0.214. The van der Waals surface area contributed by atoms with Crippen molar-refractivity contribution >= 4 is 40.8 Å². The number of carbonyl (C=O) groups is 3. The van der Waals surface area contributed by atoms with Crippen molar-refractivity contribution in [2.24, 2.45) is 0 Å². The summed E-state index contributed by atoms with van der Waals surface area (Å²) in [6.07, 6.45) is 4.20. The molecule has 0 spiro atoms. The summed E-state index contributed by atoms with van der Waals surface area (Å²) in [6.45, 7) is 1.34. The third-order valence-corrected chi connectivity index (χ3v) is 3.69. The van der Waals surface area contributed by atoms with Gasteiger partial charge in [-0.25, -0.2) is 0 Å². The average Bonchev–Trinajstić information content (AvgIpc) is 3.09. The van der Waals surface area contributed by atoms with Gasteiger partial charge >= 0.3 is 11.9 Å². The molecular weight excluding hydrogens is 340 g/mol. The molecule has 10 heteroatoms. The molecule has 9 nitrogen and oxygen atoms in total. The minimum atomic E-state index is -0.669. The van der Waals surface area contributed by atoms with Gasteiger partial charge in [-0.15, -0.1) is 0 Å². The van der Waals surface area contributed by atoms with Crippen LogP contribution in [0.3, 0.4) is 0 Å². The Morgan fingerprint density at radius 3 is 2.83 bits per heavy atom. The lowest BCUT2D eigenvalue weighted by Crippen LogP contribution is -2.34. The second-order valence-electron chi connectivity index (χ2n) is 4.39. The Morgan fingerprint density at radius 2 is 2.21 bits per heavy atom. The molecule has 1 fully saturated rings. The van der Waals surface area contributed by atoms with Gasteiger partial charge in [0.1, 0.15) is 17.2 Å². The molecule has 2 rings (SSSR count). The standard InChI is InChI=1S/C14H12N2O7S/c1-2-22-12(17)8-15-13(18)10(24-14(15)19)5-3-4-9-6-7-11(23-9)16(20)21/h3-7H,2,8H2,1H3/b4-3+,10-5-. The van der Waals surface area contributed by atoms with Gasteiger partial charge in [0.25, 0.3) is 11.1 Å². The number of amides is 2. The first-order chi connectivity index (χ1) is 11.4. The molecule has 0 unspecified atom stereocenters. The van der Waals surface area contributed by atoms with E-state index in [9.17, 15) is 24.5 Å². The number of hydrogen-bond acceptors (Lipinski definition) is 8. The first kappa shape index (κ1) is 17.5. The molecule has 0 aromatic carbocycles. The summed E-state index contributed by atoms with van der Waals surface area (Å²) < 4.78 is 9.61. The van der Waals surface area contributed by atoms with Crippen LogP contribution in [-0.2, 0) is 14.3 Å². The summed E-state index contributed by atoms with van der Waals surface area (Å²) in [5.41, 5.74) is 0. The van der Waals surface area contributed by atoms with E-state index in [2.05, 4.69) is 0 Å². The highest BCUT2D eigenvalue weighted by Crippen LogP contribution is 2.30. The van der Waals surface area contributed by atoms with Crippen LogP contribution in [0, 0.1) is 10.1 Å². The number of nitrogens with zero attached hydrogens (tertiary/aromatic N) is 2. The number of nitro groups is 1. The fourth-order valence-corrected chi connectivity index (χ4v) is 2.54. The van der Waals surface area contributed by atoms with Gasteiger partial charge in [-0.2, -0.15) is 0 Å². The Labute approximate surface area is 140 Å². The van der Waals surface area contributed by atoms with E-state index in [4.69, 9.17) is 9.15 Å². The van der Waals surface area contributed by atoms with Gasteiger partial charge in [0.05, 0.1) is 17.6 Å². The highest BCUT2D eigenvalue weighted by atomic mass is 32.2. The maximum atomic E-state index is 12.1. The lowest BCUT2D eigenvalue weighted by molar-refractivity contribution is -0.402. The molecule has 0 atom stereocenters. The predicted octanol–water partition coefficient (Wildman–Crippen LogP) is 2.34. The van der Waals surface area contributed by atoms with Crippen LogP contribution >= 0.6 is 11.8 Å². The Bertz CT molecular complexity index is 750. The van der Waals surface area contributed by atoms with Crippen LogP contribution in [0.15, 0.2) is 33.6 Å². The molecule has 0 radical (unpaired) electrons. The van der Waals surface area contributed by atoms with Crippen molar-refractivity contribution in [2.45, 2.75) is 6.92 Å². The number of allylic oxidation sites excluding steroid dienone is 2. The molecule has 24 heavy (non-hydrogen) atoms. The van der Waals surface area contributed by atoms with Crippen LogP contribution in [0.1, 0.15) is 12.7 Å². The van der Waals surface area contributed by atoms with Gasteiger partial charge in [-0.3, -0.25) is 29.4 Å². The van der Waals surface area contributed by atoms with Crippen LogP contribution in [0.5, 0.6) is 0 Å². The third kappa shape index (κ3) is 4.10. The highest BCUT2D eigenvalue weighted by molar-refractivity contribution is 8.18. The van der Waals surface area contributed by atoms with Crippen molar-refractivity contribution in [1.29, 1.82) is 0 Å². The highest BCUT2D eigenvalue weighted by Gasteiger charge is 2.36. The molecule has 0 saturated carbocycles. The van der Waals surface area contributed by atoms with E-state index >= 15 is 0 Å². The van der Waals surface area contributed by atoms with Gasteiger partial charge in [0.2, 0.25) is 0 Å². The molecule has 1 aliphatic rings. The molecule has 1 aliphatic heterocycles. The molecule has 1 saturated heterocycles. The van der Waals surface area contributed by atoms with Crippen LogP contribution in [-0.4, -0.2) is 40.1 Å². The summed E-state index contributed by atoms with van der Waals surface area (Å²) in [4.78, 5) is 45.9. The van der Waals surface area contributed by atoms with Gasteiger partial charge in [0.15, 0.2) is 0 Å². The Morgan fingerprint density at radius 1 is 1.46 bits per heavy atom. The first-order valence-electron chi connectivity index (χ1n) is 6.74. The van der Waals surface area contributed by atoms with Crippen molar-refractivity contribution in [3.05, 3.63) is 45.1 Å². The second-order valence-corrected chi connectivity index (χ2v) is 5.38. The number of ether oxygens (including phenoxy) is 1. The molecule has 2 amide bonds. The molecule has 0 aliphatic carbocycles. The second kappa shape index (κ2) is 7.59. The molecule has 1 aromatic heterocycles. The van der Waals surface area contributed by atoms with E-state index in [1.165, 1.54) is 30.4 Å². The predicted molar refractivity (Wildman–Crippen MR) is 83.8 cm³/mol. The van der Waals surface area contributed by atoms with Gasteiger partial charge in [-0.05, 0) is 36.9 Å². The summed E-state index contributed by atoms with van der Waals surface area (Å²) >= 11 is 0.688. The zero-order valence-corrected chi connectivity index (χ0v) is 13.3. The summed E-state index contributed by atoms with van der Waals surface area (Å²) in [5.74, 6) is -1.44. The Balaban J connectivity index is 2.03. The summed E-state index contributed by atoms with van der Waals surface area (Å²) in [7, 11) is 0. The molecule has 0 bridgehead atoms. The Kier molecular flexibility index (Phi) is 5.53. The van der Waals surface area contributed by atoms with Crippen LogP contribution in [0.4, 0.5) is 10.7 Å². The summed E-state index contributed by atoms with van der Waals surface area (Å²) in [6, 6.07) is 2.60. The van der Waals surface area contributed by atoms with E-state index in [-0.39, 0.29) is 17.3 Å². The maximum Gasteiger partial charge on any atom is 0.433 e. The number of carbonyl (C=O) groups excluding carboxylic acids is 3. The SMILES string of the molecule is CCOC(=O)CN1C(=O)S/C(=C\C=C\c2ccc([N+](=O)[O-])o2)C1=O. The lowest BCUT2D eigenvalue weighted by atomic mass is 10.3. The normalized spacial score (nSPS) is 16.4. The van der Waals surface area contributed by atoms with Gasteiger partial charge in [-0.1, -0.05) is 6.08 Å². The number of thioether (sulfide) groups is 1. The zero-order valence-electron chi connectivity index (χ0n) is 12.5. The molecule has 1 aromatic rings. The zero-order chi connectivity index (χ0) is 17.7. The van der Waals surface area contributed by atoms with Crippen LogP contribution in [0.25, 0.3) is 6.08 Å². The number of furan rings is 1. The van der Waals surface area contributed by atoms with Crippen LogP contribution < -0.4 is 0 Å². The largest absolute Gasteiger partial charge is 0.465 e. The number of esters is 1. The average molecular weight is 352 g/mol. The maximum absolute atomic E-state index is 12.1. The summed E-state index contributed by atoms with van der Waals surface area (Å²) in [5, 5.41) is 9.93. The minimum absolute atomic E-state index is 0.126. The minimum Gasteiger partial charge on any atom is -0.465 e. The van der Waals surface area contributed by atoms with E-state index in [1.54, 1.807) is 6.92 Å². The van der Waals surface area contributed by atoms with Crippen molar-refractivity contribution in [3.63, 3.8) is 0 Å². The van der Waals surface area contributed by atoms with E-state index < -0.39 is 34.5 Å². The van der Waals surface area contributed by atoms with Crippen LogP contribution in [0.2, 0.25) is 0 Å². The van der Waals surface area contributed by atoms with Gasteiger partial charge in [0, 0.05) is 0 Å². The third-order valence-electron chi connectivity index (χ3n) is 2.77. The van der Waals surface area contributed by atoms with Crippen molar-refractivity contribution in [1.82, 2.24) is 4.90 Å². The molecule has 2 heterocycles. The van der Waals surface area contributed by atoms with E-state index in [0.29, 0.717) is 11.8 Å². The van der Waals surface area contributed by atoms with Crippen molar-refractivity contribution in [2.75, 3.05) is 13.2 Å². The van der Waals surface area contributed by atoms with Crippen molar-refractivity contribution in [3.8, 4) is 0 Å². The lowest BCUT2D eigenvalue weighted by Gasteiger charge is -2.10. The smallest absolute Gasteiger partial charge is 0.433 e. The Hall–Kier alpha value is -2.88. The topological polar surface area (TPSA) is 120 Å². The number of rotatable bonds is 6. The fourth-order valence-electron chi connectivity index (χ4n) is 1.75. The number of hydrogen-bond donors (Lipinski definition) is 0. The number of imide groups is 1. The van der Waals surface area contributed by atoms with Gasteiger partial charge < -0.3 is 9.15 Å². The molecular formula is C14H12N2O7S. The quantitative estimate of drug-likeness (QED) is 0.331. The van der Waals surface area contributed by atoms with E-state index in [0.717, 1.165) is 4.90 Å². The van der Waals surface area contributed by atoms with E-state index in [1.807, 2.05) is 0 Å². The van der Waals surface area contributed by atoms with Crippen molar-refractivity contribution < 1.29 is 28.5 Å².